The Morgan fingerprint density at radius 1 is 0.906 bits per heavy atom. The fraction of sp³-hybridized carbons (Fsp3) is 0.115. The van der Waals surface area contributed by atoms with E-state index < -0.39 is 4.92 Å². The van der Waals surface area contributed by atoms with Crippen molar-refractivity contribution in [1.29, 1.82) is 5.26 Å². The summed E-state index contributed by atoms with van der Waals surface area (Å²) in [6, 6.07) is 30.9. The van der Waals surface area contributed by atoms with E-state index in [1.165, 1.54) is 12.1 Å². The summed E-state index contributed by atoms with van der Waals surface area (Å²) in [5, 5.41) is 24.2. The van der Waals surface area contributed by atoms with Crippen molar-refractivity contribution in [3.63, 3.8) is 0 Å². The van der Waals surface area contributed by atoms with E-state index in [9.17, 15) is 15.4 Å². The van der Waals surface area contributed by atoms with Gasteiger partial charge in [-0.05, 0) is 29.2 Å². The molecule has 0 amide bonds. The molecule has 0 saturated heterocycles. The predicted molar refractivity (Wildman–Crippen MR) is 125 cm³/mol. The zero-order valence-electron chi connectivity index (χ0n) is 17.4. The van der Waals surface area contributed by atoms with E-state index in [-0.39, 0.29) is 5.69 Å². The molecule has 1 N–H and O–H groups in total. The topological polar surface area (TPSA) is 83.9 Å². The molecular formula is C26H22N4O2. The zero-order chi connectivity index (χ0) is 22.3. The number of anilines is 1. The Balaban J connectivity index is 1.65. The molecule has 0 spiro atoms. The fourth-order valence-electron chi connectivity index (χ4n) is 3.71. The molecule has 0 aliphatic heterocycles. The minimum Gasteiger partial charge on any atom is -0.367 e. The molecular weight excluding hydrogens is 400 g/mol. The van der Waals surface area contributed by atoms with Gasteiger partial charge < -0.3 is 9.88 Å². The summed E-state index contributed by atoms with van der Waals surface area (Å²) >= 11 is 0. The van der Waals surface area contributed by atoms with Crippen LogP contribution in [0.25, 0.3) is 11.1 Å². The molecule has 0 atom stereocenters. The molecule has 0 aliphatic rings. The largest absolute Gasteiger partial charge is 0.367 e. The molecule has 6 heteroatoms. The van der Waals surface area contributed by atoms with Gasteiger partial charge in [0.05, 0.1) is 4.92 Å². The molecule has 4 aromatic rings. The van der Waals surface area contributed by atoms with E-state index in [2.05, 4.69) is 23.5 Å². The Kier molecular flexibility index (Phi) is 6.28. The number of nitro groups is 1. The molecule has 0 saturated carbocycles. The van der Waals surface area contributed by atoms with Crippen LogP contribution in [0.15, 0.2) is 91.0 Å². The van der Waals surface area contributed by atoms with Crippen LogP contribution in [-0.2, 0) is 19.5 Å². The first-order valence-electron chi connectivity index (χ1n) is 10.4. The second kappa shape index (κ2) is 9.63. The first-order valence-corrected chi connectivity index (χ1v) is 10.4. The number of non-ortho nitro benzene ring substituents is 1. The Labute approximate surface area is 186 Å². The highest BCUT2D eigenvalue weighted by Crippen LogP contribution is 2.32. The summed E-state index contributed by atoms with van der Waals surface area (Å²) in [4.78, 5) is 10.5. The SMILES string of the molecule is N#Cc1cc(-c2ccccc2)c(NCc2ccccc2)n1CCc1ccc([N+](=O)[O-])cc1. The number of hydrogen-bond donors (Lipinski definition) is 1. The van der Waals surface area contributed by atoms with E-state index >= 15 is 0 Å². The average Bonchev–Trinajstić information content (AvgIpc) is 3.20. The molecule has 3 aromatic carbocycles. The number of nitriles is 1. The maximum absolute atomic E-state index is 10.9. The molecule has 0 unspecified atom stereocenters. The first kappa shape index (κ1) is 20.9. The van der Waals surface area contributed by atoms with Gasteiger partial charge in [-0.1, -0.05) is 72.8 Å². The number of nitrogens with one attached hydrogen (secondary N) is 1. The summed E-state index contributed by atoms with van der Waals surface area (Å²) in [7, 11) is 0. The Morgan fingerprint density at radius 2 is 1.56 bits per heavy atom. The van der Waals surface area contributed by atoms with Crippen LogP contribution < -0.4 is 5.32 Å². The van der Waals surface area contributed by atoms with E-state index in [0.717, 1.165) is 28.1 Å². The molecule has 1 aromatic heterocycles. The second-order valence-electron chi connectivity index (χ2n) is 7.43. The maximum atomic E-state index is 10.9. The van der Waals surface area contributed by atoms with Crippen LogP contribution in [0.5, 0.6) is 0 Å². The van der Waals surface area contributed by atoms with Gasteiger partial charge in [0.1, 0.15) is 17.6 Å². The van der Waals surface area contributed by atoms with Crippen LogP contribution in [0.4, 0.5) is 11.5 Å². The summed E-state index contributed by atoms with van der Waals surface area (Å²) in [5.41, 5.74) is 4.78. The van der Waals surface area contributed by atoms with Gasteiger partial charge in [-0.3, -0.25) is 10.1 Å². The second-order valence-corrected chi connectivity index (χ2v) is 7.43. The van der Waals surface area contributed by atoms with Crippen LogP contribution in [0.1, 0.15) is 16.8 Å². The van der Waals surface area contributed by atoms with Crippen molar-refractivity contribution < 1.29 is 4.92 Å². The predicted octanol–water partition coefficient (Wildman–Crippen LogP) is 5.79. The van der Waals surface area contributed by atoms with Crippen molar-refractivity contribution in [1.82, 2.24) is 4.57 Å². The third-order valence-corrected chi connectivity index (χ3v) is 5.37. The minimum absolute atomic E-state index is 0.0732. The van der Waals surface area contributed by atoms with Crippen molar-refractivity contribution >= 4 is 11.5 Å². The van der Waals surface area contributed by atoms with Crippen LogP contribution >= 0.6 is 0 Å². The van der Waals surface area contributed by atoms with E-state index in [1.54, 1.807) is 12.1 Å². The molecule has 0 fully saturated rings. The van der Waals surface area contributed by atoms with E-state index in [4.69, 9.17) is 0 Å². The van der Waals surface area contributed by atoms with Crippen molar-refractivity contribution in [2.75, 3.05) is 5.32 Å². The Morgan fingerprint density at radius 3 is 2.19 bits per heavy atom. The minimum atomic E-state index is -0.402. The number of benzene rings is 3. The van der Waals surface area contributed by atoms with E-state index in [0.29, 0.717) is 25.2 Å². The molecule has 6 nitrogen and oxygen atoms in total. The molecule has 0 radical (unpaired) electrons. The van der Waals surface area contributed by atoms with Crippen LogP contribution in [0, 0.1) is 21.4 Å². The van der Waals surface area contributed by atoms with Gasteiger partial charge in [0.25, 0.3) is 5.69 Å². The summed E-state index contributed by atoms with van der Waals surface area (Å²) in [6.45, 7) is 1.21. The molecule has 32 heavy (non-hydrogen) atoms. The lowest BCUT2D eigenvalue weighted by atomic mass is 10.1. The number of aryl methyl sites for hydroxylation is 1. The Hall–Kier alpha value is -4.37. The normalized spacial score (nSPS) is 10.5. The maximum Gasteiger partial charge on any atom is 0.269 e. The van der Waals surface area contributed by atoms with Gasteiger partial charge in [-0.15, -0.1) is 0 Å². The number of rotatable bonds is 8. The van der Waals surface area contributed by atoms with Gasteiger partial charge in [-0.2, -0.15) is 5.26 Å². The fourth-order valence-corrected chi connectivity index (χ4v) is 3.71. The van der Waals surface area contributed by atoms with Crippen molar-refractivity contribution in [3.05, 3.63) is 118 Å². The van der Waals surface area contributed by atoms with Gasteiger partial charge in [0.15, 0.2) is 0 Å². The lowest BCUT2D eigenvalue weighted by molar-refractivity contribution is -0.384. The quantitative estimate of drug-likeness (QED) is 0.288. The van der Waals surface area contributed by atoms with Crippen LogP contribution in [0.3, 0.4) is 0 Å². The van der Waals surface area contributed by atoms with Gasteiger partial charge in [0, 0.05) is 30.8 Å². The van der Waals surface area contributed by atoms with Gasteiger partial charge in [-0.25, -0.2) is 0 Å². The number of nitrogens with zero attached hydrogens (tertiary/aromatic N) is 3. The molecule has 4 rings (SSSR count). The van der Waals surface area contributed by atoms with Gasteiger partial charge in [0.2, 0.25) is 0 Å². The highest BCUT2D eigenvalue weighted by molar-refractivity contribution is 5.78. The van der Waals surface area contributed by atoms with Crippen molar-refractivity contribution in [3.8, 4) is 17.2 Å². The number of hydrogen-bond acceptors (Lipinski definition) is 4. The lowest BCUT2D eigenvalue weighted by Crippen LogP contribution is -2.10. The van der Waals surface area contributed by atoms with Crippen LogP contribution in [0.2, 0.25) is 0 Å². The first-order chi connectivity index (χ1) is 15.7. The molecule has 0 aliphatic carbocycles. The highest BCUT2D eigenvalue weighted by Gasteiger charge is 2.17. The zero-order valence-corrected chi connectivity index (χ0v) is 17.4. The Bertz CT molecular complexity index is 1240. The number of aromatic nitrogens is 1. The number of nitro benzene ring substituents is 1. The monoisotopic (exact) mass is 422 g/mol. The van der Waals surface area contributed by atoms with E-state index in [1.807, 2.05) is 59.2 Å². The van der Waals surface area contributed by atoms with Gasteiger partial charge >= 0.3 is 0 Å². The smallest absolute Gasteiger partial charge is 0.269 e. The summed E-state index contributed by atoms with van der Waals surface area (Å²) < 4.78 is 1.99. The molecule has 0 bridgehead atoms. The molecule has 158 valence electrons. The lowest BCUT2D eigenvalue weighted by Gasteiger charge is -2.15. The van der Waals surface area contributed by atoms with Crippen molar-refractivity contribution in [2.24, 2.45) is 0 Å². The van der Waals surface area contributed by atoms with Crippen LogP contribution in [-0.4, -0.2) is 9.49 Å². The van der Waals surface area contributed by atoms with Crippen molar-refractivity contribution in [2.45, 2.75) is 19.5 Å². The third-order valence-electron chi connectivity index (χ3n) is 5.37. The average molecular weight is 422 g/mol. The summed E-state index contributed by atoms with van der Waals surface area (Å²) in [6.07, 6.45) is 0.648. The standard InChI is InChI=1S/C26H22N4O2/c27-18-24-17-25(22-9-5-2-6-10-22)26(28-19-21-7-3-1-4-8-21)29(24)16-15-20-11-13-23(14-12-20)30(31)32/h1-14,17,28H,15-16,19H2. The molecule has 1 heterocycles. The highest BCUT2D eigenvalue weighted by atomic mass is 16.6. The summed E-state index contributed by atoms with van der Waals surface area (Å²) in [5.74, 6) is 0.888. The third kappa shape index (κ3) is 4.68.